The zero-order valence-corrected chi connectivity index (χ0v) is 17.1. The fourth-order valence-electron chi connectivity index (χ4n) is 3.29. The van der Waals surface area contributed by atoms with Crippen LogP contribution in [0, 0.1) is 6.92 Å². The highest BCUT2D eigenvalue weighted by Gasteiger charge is 2.38. The molecule has 3 rings (SSSR count). The Kier molecular flexibility index (Phi) is 7.19. The van der Waals surface area contributed by atoms with E-state index in [1.165, 1.54) is 4.90 Å². The van der Waals surface area contributed by atoms with Crippen molar-refractivity contribution in [2.24, 2.45) is 0 Å². The van der Waals surface area contributed by atoms with Gasteiger partial charge >= 0.3 is 0 Å². The van der Waals surface area contributed by atoms with Crippen LogP contribution in [0.3, 0.4) is 0 Å². The van der Waals surface area contributed by atoms with Crippen molar-refractivity contribution in [3.8, 4) is 0 Å². The molecule has 0 atom stereocenters. The molecular weight excluding hydrogens is 364 g/mol. The number of aryl methyl sites for hydroxylation is 1. The van der Waals surface area contributed by atoms with E-state index in [1.54, 1.807) is 0 Å². The summed E-state index contributed by atoms with van der Waals surface area (Å²) >= 11 is 0. The van der Waals surface area contributed by atoms with Crippen LogP contribution >= 0.6 is 0 Å². The van der Waals surface area contributed by atoms with Gasteiger partial charge in [-0.2, -0.15) is 0 Å². The number of ether oxygens (including phenoxy) is 1. The lowest BCUT2D eigenvalue weighted by Crippen LogP contribution is -2.34. The van der Waals surface area contributed by atoms with Gasteiger partial charge in [0, 0.05) is 25.4 Å². The number of carbonyl (C=O) groups excluding carboxylic acids is 2. The molecule has 1 N–H and O–H groups in total. The van der Waals surface area contributed by atoms with Gasteiger partial charge in [0.15, 0.2) is 0 Å². The average Bonchev–Trinajstić information content (AvgIpc) is 2.97. The maximum absolute atomic E-state index is 13.1. The van der Waals surface area contributed by atoms with E-state index in [4.69, 9.17) is 4.74 Å². The maximum atomic E-state index is 13.1. The second kappa shape index (κ2) is 10.0. The minimum atomic E-state index is -0.286. The molecule has 2 aromatic rings. The van der Waals surface area contributed by atoms with Crippen molar-refractivity contribution in [2.75, 3.05) is 25.1 Å². The first-order valence-electron chi connectivity index (χ1n) is 10.2. The van der Waals surface area contributed by atoms with Gasteiger partial charge in [-0.3, -0.25) is 14.5 Å². The van der Waals surface area contributed by atoms with Crippen molar-refractivity contribution in [3.05, 3.63) is 71.4 Å². The van der Waals surface area contributed by atoms with Gasteiger partial charge in [-0.05, 0) is 37.0 Å². The lowest BCUT2D eigenvalue weighted by atomic mass is 10.0. The quantitative estimate of drug-likeness (QED) is 0.481. The number of para-hydroxylation sites is 1. The van der Waals surface area contributed by atoms with Crippen LogP contribution in [0.5, 0.6) is 0 Å². The number of hydrogen-bond acceptors (Lipinski definition) is 4. The molecule has 5 heteroatoms. The number of anilines is 1. The molecule has 2 aromatic carbocycles. The van der Waals surface area contributed by atoms with Crippen molar-refractivity contribution in [3.63, 3.8) is 0 Å². The lowest BCUT2D eigenvalue weighted by Gasteiger charge is -2.15. The number of carbonyl (C=O) groups is 2. The van der Waals surface area contributed by atoms with Gasteiger partial charge in [-0.15, -0.1) is 0 Å². The summed E-state index contributed by atoms with van der Waals surface area (Å²) in [6.45, 7) is 5.69. The molecule has 1 aliphatic heterocycles. The number of rotatable bonds is 10. The Morgan fingerprint density at radius 2 is 1.59 bits per heavy atom. The van der Waals surface area contributed by atoms with E-state index < -0.39 is 0 Å². The molecule has 0 spiro atoms. The van der Waals surface area contributed by atoms with Gasteiger partial charge in [-0.25, -0.2) is 0 Å². The monoisotopic (exact) mass is 392 g/mol. The van der Waals surface area contributed by atoms with E-state index in [0.717, 1.165) is 29.7 Å². The third kappa shape index (κ3) is 4.93. The van der Waals surface area contributed by atoms with Crippen LogP contribution in [0.4, 0.5) is 5.69 Å². The predicted octanol–water partition coefficient (Wildman–Crippen LogP) is 4.39. The Balaban J connectivity index is 1.81. The summed E-state index contributed by atoms with van der Waals surface area (Å²) in [6.07, 6.45) is 2.73. The molecule has 1 heterocycles. The summed E-state index contributed by atoms with van der Waals surface area (Å²) < 4.78 is 5.58. The van der Waals surface area contributed by atoms with E-state index in [1.807, 2.05) is 61.5 Å². The summed E-state index contributed by atoms with van der Waals surface area (Å²) in [5, 5.41) is 3.22. The molecule has 152 valence electrons. The second-order valence-electron chi connectivity index (χ2n) is 7.14. The summed E-state index contributed by atoms with van der Waals surface area (Å²) in [4.78, 5) is 27.6. The highest BCUT2D eigenvalue weighted by Crippen LogP contribution is 2.31. The standard InChI is InChI=1S/C24H28N2O3/c1-3-4-16-29-17-10-15-26-23(27)21(19-12-6-5-7-13-19)22(24(26)28)25-20-14-9-8-11-18(20)2/h5-9,11-14,25H,3-4,10,15-17H2,1-2H3. The maximum Gasteiger partial charge on any atom is 0.278 e. The fraction of sp³-hybridized carbons (Fsp3) is 0.333. The number of nitrogens with zero attached hydrogens (tertiary/aromatic N) is 1. The lowest BCUT2D eigenvalue weighted by molar-refractivity contribution is -0.137. The van der Waals surface area contributed by atoms with E-state index in [9.17, 15) is 9.59 Å². The number of benzene rings is 2. The Morgan fingerprint density at radius 1 is 0.897 bits per heavy atom. The van der Waals surface area contributed by atoms with Gasteiger partial charge in [0.1, 0.15) is 5.70 Å². The summed E-state index contributed by atoms with van der Waals surface area (Å²) in [7, 11) is 0. The van der Waals surface area contributed by atoms with Gasteiger partial charge in [0.25, 0.3) is 11.8 Å². The molecule has 0 aromatic heterocycles. The Morgan fingerprint density at radius 3 is 2.31 bits per heavy atom. The molecule has 0 radical (unpaired) electrons. The topological polar surface area (TPSA) is 58.6 Å². The fourth-order valence-corrected chi connectivity index (χ4v) is 3.29. The first-order valence-corrected chi connectivity index (χ1v) is 10.2. The van der Waals surface area contributed by atoms with E-state index in [0.29, 0.717) is 37.4 Å². The van der Waals surface area contributed by atoms with E-state index >= 15 is 0 Å². The van der Waals surface area contributed by atoms with Crippen LogP contribution < -0.4 is 5.32 Å². The molecule has 0 saturated carbocycles. The van der Waals surface area contributed by atoms with E-state index in [-0.39, 0.29) is 11.8 Å². The zero-order chi connectivity index (χ0) is 20.6. The summed E-state index contributed by atoms with van der Waals surface area (Å²) in [5.41, 5.74) is 3.33. The van der Waals surface area contributed by atoms with Crippen molar-refractivity contribution >= 4 is 23.1 Å². The highest BCUT2D eigenvalue weighted by atomic mass is 16.5. The van der Waals surface area contributed by atoms with Crippen LogP contribution in [0.25, 0.3) is 5.57 Å². The van der Waals surface area contributed by atoms with Gasteiger partial charge in [0.2, 0.25) is 0 Å². The summed E-state index contributed by atoms with van der Waals surface area (Å²) in [6, 6.07) is 17.1. The first kappa shape index (κ1) is 20.8. The van der Waals surface area contributed by atoms with Gasteiger partial charge in [0.05, 0.1) is 5.57 Å². The molecule has 0 unspecified atom stereocenters. The summed E-state index contributed by atoms with van der Waals surface area (Å²) in [5.74, 6) is -0.545. The molecule has 29 heavy (non-hydrogen) atoms. The molecule has 0 saturated heterocycles. The minimum Gasteiger partial charge on any atom is -0.381 e. The number of amides is 2. The number of hydrogen-bond donors (Lipinski definition) is 1. The van der Waals surface area contributed by atoms with Crippen LogP contribution in [0.15, 0.2) is 60.3 Å². The van der Waals surface area contributed by atoms with Gasteiger partial charge in [-0.1, -0.05) is 61.9 Å². The van der Waals surface area contributed by atoms with Crippen molar-refractivity contribution in [2.45, 2.75) is 33.1 Å². The van der Waals surface area contributed by atoms with Crippen molar-refractivity contribution in [1.82, 2.24) is 4.90 Å². The average molecular weight is 392 g/mol. The number of unbranched alkanes of at least 4 members (excludes halogenated alkanes) is 1. The SMILES string of the molecule is CCCCOCCCN1C(=O)C(Nc2ccccc2C)=C(c2ccccc2)C1=O. The molecular formula is C24H28N2O3. The third-order valence-corrected chi connectivity index (χ3v) is 4.95. The van der Waals surface area contributed by atoms with Crippen LogP contribution in [-0.2, 0) is 14.3 Å². The second-order valence-corrected chi connectivity index (χ2v) is 7.14. The molecule has 0 bridgehead atoms. The molecule has 2 amide bonds. The largest absolute Gasteiger partial charge is 0.381 e. The van der Waals surface area contributed by atoms with E-state index in [2.05, 4.69) is 12.2 Å². The molecule has 5 nitrogen and oxygen atoms in total. The first-order chi connectivity index (χ1) is 14.1. The van der Waals surface area contributed by atoms with Crippen molar-refractivity contribution in [1.29, 1.82) is 0 Å². The smallest absolute Gasteiger partial charge is 0.278 e. The Hall–Kier alpha value is -2.92. The Labute approximate surface area is 172 Å². The zero-order valence-electron chi connectivity index (χ0n) is 17.1. The Bertz CT molecular complexity index is 890. The molecule has 0 aliphatic carbocycles. The van der Waals surface area contributed by atoms with Crippen LogP contribution in [-0.4, -0.2) is 36.5 Å². The number of imide groups is 1. The molecule has 1 aliphatic rings. The number of nitrogens with one attached hydrogen (secondary N) is 1. The molecule has 0 fully saturated rings. The third-order valence-electron chi connectivity index (χ3n) is 4.95. The highest BCUT2D eigenvalue weighted by molar-refractivity contribution is 6.36. The minimum absolute atomic E-state index is 0.258. The van der Waals surface area contributed by atoms with Crippen LogP contribution in [0.2, 0.25) is 0 Å². The van der Waals surface area contributed by atoms with Gasteiger partial charge < -0.3 is 10.1 Å². The van der Waals surface area contributed by atoms with Crippen LogP contribution in [0.1, 0.15) is 37.3 Å². The normalized spacial score (nSPS) is 14.1. The predicted molar refractivity (Wildman–Crippen MR) is 115 cm³/mol. The van der Waals surface area contributed by atoms with Crippen molar-refractivity contribution < 1.29 is 14.3 Å².